The number of fused-ring (bicyclic) bond motifs is 2. The Balaban J connectivity index is 1.31. The molecule has 0 unspecified atom stereocenters. The number of aromatic nitrogens is 6. The van der Waals surface area contributed by atoms with Gasteiger partial charge in [0, 0.05) is 36.5 Å². The third-order valence-electron chi connectivity index (χ3n) is 7.06. The Morgan fingerprint density at radius 2 is 1.89 bits per heavy atom. The Hall–Kier alpha value is -4.64. The van der Waals surface area contributed by atoms with Crippen molar-refractivity contribution in [3.63, 3.8) is 0 Å². The molecule has 0 saturated carbocycles. The highest BCUT2D eigenvalue weighted by molar-refractivity contribution is 6.05. The van der Waals surface area contributed by atoms with E-state index in [2.05, 4.69) is 47.7 Å². The van der Waals surface area contributed by atoms with Gasteiger partial charge in [0.15, 0.2) is 11.5 Å². The van der Waals surface area contributed by atoms with Crippen LogP contribution in [0.3, 0.4) is 0 Å². The molecule has 5 aromatic rings. The molecule has 0 aliphatic carbocycles. The molecule has 11 heteroatoms. The summed E-state index contributed by atoms with van der Waals surface area (Å²) in [6.45, 7) is 1.85. The van der Waals surface area contributed by atoms with Gasteiger partial charge in [-0.25, -0.2) is 9.97 Å². The SMILES string of the molecule is CNC(=O)c1cccc2[nH]c(-c3[nH]nc4ncc(-c5cncc(NC(=O)C6CCN(C)CC6)c5)cc34)nc12. The van der Waals surface area contributed by atoms with Crippen LogP contribution in [0.15, 0.2) is 48.9 Å². The Labute approximate surface area is 218 Å². The van der Waals surface area contributed by atoms with E-state index in [1.165, 1.54) is 0 Å². The van der Waals surface area contributed by atoms with Crippen LogP contribution in [0.4, 0.5) is 5.69 Å². The van der Waals surface area contributed by atoms with E-state index in [0.29, 0.717) is 33.9 Å². The number of H-pyrrole nitrogens is 2. The summed E-state index contributed by atoms with van der Waals surface area (Å²) in [6.07, 6.45) is 6.83. The smallest absolute Gasteiger partial charge is 0.253 e. The van der Waals surface area contributed by atoms with Crippen LogP contribution in [0.1, 0.15) is 23.2 Å². The van der Waals surface area contributed by atoms with Crippen molar-refractivity contribution < 1.29 is 9.59 Å². The summed E-state index contributed by atoms with van der Waals surface area (Å²) in [7, 11) is 3.67. The minimum atomic E-state index is -0.206. The lowest BCUT2D eigenvalue weighted by atomic mass is 9.96. The molecular formula is C27H27N9O2. The first-order chi connectivity index (χ1) is 18.5. The number of imidazole rings is 1. The number of likely N-dealkylation sites (tertiary alicyclic amines) is 1. The summed E-state index contributed by atoms with van der Waals surface area (Å²) >= 11 is 0. The molecule has 0 spiro atoms. The normalized spacial score (nSPS) is 14.7. The van der Waals surface area contributed by atoms with E-state index in [9.17, 15) is 9.59 Å². The zero-order chi connectivity index (χ0) is 26.2. The third-order valence-corrected chi connectivity index (χ3v) is 7.06. The average Bonchev–Trinajstić information content (AvgIpc) is 3.56. The monoisotopic (exact) mass is 509 g/mol. The fraction of sp³-hybridized carbons (Fsp3) is 0.259. The molecule has 0 bridgehead atoms. The van der Waals surface area contributed by atoms with E-state index in [0.717, 1.165) is 48.0 Å². The molecule has 1 aromatic carbocycles. The van der Waals surface area contributed by atoms with Crippen LogP contribution >= 0.6 is 0 Å². The average molecular weight is 510 g/mol. The molecule has 11 nitrogen and oxygen atoms in total. The predicted octanol–water partition coefficient (Wildman–Crippen LogP) is 3.20. The highest BCUT2D eigenvalue weighted by atomic mass is 16.2. The van der Waals surface area contributed by atoms with Gasteiger partial charge in [0.1, 0.15) is 11.2 Å². The quantitative estimate of drug-likeness (QED) is 0.285. The van der Waals surface area contributed by atoms with Gasteiger partial charge in [0.2, 0.25) is 5.91 Å². The molecule has 2 amide bonds. The van der Waals surface area contributed by atoms with E-state index < -0.39 is 0 Å². The molecule has 4 N–H and O–H groups in total. The zero-order valence-corrected chi connectivity index (χ0v) is 21.1. The van der Waals surface area contributed by atoms with Crippen LogP contribution in [0.25, 0.3) is 44.7 Å². The number of pyridine rings is 2. The number of piperidine rings is 1. The maximum Gasteiger partial charge on any atom is 0.253 e. The number of amides is 2. The molecule has 4 aromatic heterocycles. The molecule has 38 heavy (non-hydrogen) atoms. The third kappa shape index (κ3) is 4.37. The summed E-state index contributed by atoms with van der Waals surface area (Å²) in [6, 6.07) is 9.29. The van der Waals surface area contributed by atoms with Crippen molar-refractivity contribution in [2.45, 2.75) is 12.8 Å². The molecule has 5 heterocycles. The summed E-state index contributed by atoms with van der Waals surface area (Å²) in [5.41, 5.74) is 5.29. The van der Waals surface area contributed by atoms with Gasteiger partial charge in [-0.2, -0.15) is 5.10 Å². The molecule has 1 aliphatic rings. The molecule has 1 aliphatic heterocycles. The van der Waals surface area contributed by atoms with Gasteiger partial charge in [0.25, 0.3) is 5.91 Å². The summed E-state index contributed by atoms with van der Waals surface area (Å²) in [4.78, 5) is 44.2. The van der Waals surface area contributed by atoms with Gasteiger partial charge < -0.3 is 20.5 Å². The predicted molar refractivity (Wildman–Crippen MR) is 144 cm³/mol. The number of aromatic amines is 2. The second-order valence-electron chi connectivity index (χ2n) is 9.59. The van der Waals surface area contributed by atoms with Crippen LogP contribution in [-0.4, -0.2) is 74.0 Å². The van der Waals surface area contributed by atoms with E-state index in [-0.39, 0.29) is 17.7 Å². The van der Waals surface area contributed by atoms with Gasteiger partial charge in [-0.05, 0) is 57.2 Å². The van der Waals surface area contributed by atoms with E-state index in [1.54, 1.807) is 31.7 Å². The summed E-state index contributed by atoms with van der Waals surface area (Å²) < 4.78 is 0. The van der Waals surface area contributed by atoms with E-state index in [1.807, 2.05) is 24.3 Å². The molecule has 1 saturated heterocycles. The van der Waals surface area contributed by atoms with Crippen molar-refractivity contribution in [3.8, 4) is 22.6 Å². The second kappa shape index (κ2) is 9.67. The summed E-state index contributed by atoms with van der Waals surface area (Å²) in [5, 5.41) is 13.8. The largest absolute Gasteiger partial charge is 0.355 e. The lowest BCUT2D eigenvalue weighted by Crippen LogP contribution is -2.35. The van der Waals surface area contributed by atoms with Crippen molar-refractivity contribution in [1.82, 2.24) is 40.3 Å². The van der Waals surface area contributed by atoms with Gasteiger partial charge in [0.05, 0.1) is 28.4 Å². The number of nitrogens with zero attached hydrogens (tertiary/aromatic N) is 5. The topological polar surface area (TPSA) is 145 Å². The summed E-state index contributed by atoms with van der Waals surface area (Å²) in [5.74, 6) is 0.385. The fourth-order valence-corrected chi connectivity index (χ4v) is 4.89. The van der Waals surface area contributed by atoms with Gasteiger partial charge in [-0.3, -0.25) is 19.7 Å². The lowest BCUT2D eigenvalue weighted by Gasteiger charge is -2.28. The molecule has 192 valence electrons. The first-order valence-electron chi connectivity index (χ1n) is 12.5. The maximum absolute atomic E-state index is 12.8. The standard InChI is InChI=1S/C27H27N9O2/c1-28-27(38)19-4-3-5-21-22(19)33-25(32-21)23-20-11-17(13-30-24(20)35-34-23)16-10-18(14-29-12-16)31-26(37)15-6-8-36(2)9-7-15/h3-5,10-15H,6-9H2,1-2H3,(H,28,38)(H,31,37)(H,32,33)(H,30,34,35). The number of benzene rings is 1. The van der Waals surface area contributed by atoms with Gasteiger partial charge in [-0.15, -0.1) is 0 Å². The highest BCUT2D eigenvalue weighted by Gasteiger charge is 2.23. The number of carbonyl (C=O) groups is 2. The lowest BCUT2D eigenvalue weighted by molar-refractivity contribution is -0.121. The van der Waals surface area contributed by atoms with E-state index in [4.69, 9.17) is 4.98 Å². The van der Waals surface area contributed by atoms with Gasteiger partial charge in [-0.1, -0.05) is 6.07 Å². The van der Waals surface area contributed by atoms with Crippen molar-refractivity contribution in [3.05, 3.63) is 54.5 Å². The van der Waals surface area contributed by atoms with E-state index >= 15 is 0 Å². The van der Waals surface area contributed by atoms with Crippen LogP contribution in [-0.2, 0) is 4.79 Å². The number of nitrogens with one attached hydrogen (secondary N) is 4. The molecule has 0 radical (unpaired) electrons. The molecular weight excluding hydrogens is 482 g/mol. The van der Waals surface area contributed by atoms with Crippen molar-refractivity contribution in [2.75, 3.05) is 32.5 Å². The van der Waals surface area contributed by atoms with Gasteiger partial charge >= 0.3 is 0 Å². The first kappa shape index (κ1) is 23.7. The van der Waals surface area contributed by atoms with Crippen LogP contribution < -0.4 is 10.6 Å². The van der Waals surface area contributed by atoms with Crippen molar-refractivity contribution in [2.24, 2.45) is 5.92 Å². The molecule has 0 atom stereocenters. The Bertz CT molecular complexity index is 1660. The zero-order valence-electron chi connectivity index (χ0n) is 21.1. The molecule has 1 fully saturated rings. The highest BCUT2D eigenvalue weighted by Crippen LogP contribution is 2.30. The van der Waals surface area contributed by atoms with Crippen LogP contribution in [0.5, 0.6) is 0 Å². The maximum atomic E-state index is 12.8. The van der Waals surface area contributed by atoms with Crippen molar-refractivity contribution >= 4 is 39.6 Å². The number of carbonyl (C=O) groups excluding carboxylic acids is 2. The number of hydrogen-bond acceptors (Lipinski definition) is 7. The Morgan fingerprint density at radius 1 is 1.08 bits per heavy atom. The first-order valence-corrected chi connectivity index (χ1v) is 12.5. The van der Waals surface area contributed by atoms with Crippen molar-refractivity contribution in [1.29, 1.82) is 0 Å². The fourth-order valence-electron chi connectivity index (χ4n) is 4.89. The number of para-hydroxylation sites is 1. The Kier molecular flexibility index (Phi) is 6.04. The molecule has 6 rings (SSSR count). The van der Waals surface area contributed by atoms with Crippen LogP contribution in [0, 0.1) is 5.92 Å². The Morgan fingerprint density at radius 3 is 2.71 bits per heavy atom. The number of rotatable bonds is 5. The minimum Gasteiger partial charge on any atom is -0.355 e. The van der Waals surface area contributed by atoms with Crippen LogP contribution in [0.2, 0.25) is 0 Å². The number of hydrogen-bond donors (Lipinski definition) is 4. The minimum absolute atomic E-state index is 0.00841. The second-order valence-corrected chi connectivity index (χ2v) is 9.59. The number of anilines is 1.